The molecule has 2 aromatic carbocycles. The molecule has 2 aromatic rings. The highest BCUT2D eigenvalue weighted by molar-refractivity contribution is 5.97. The number of hydrogen-bond donors (Lipinski definition) is 5. The summed E-state index contributed by atoms with van der Waals surface area (Å²) < 4.78 is 5.44. The molecule has 3 rings (SSSR count). The van der Waals surface area contributed by atoms with E-state index in [1.807, 2.05) is 30.3 Å². The third-order valence-corrected chi connectivity index (χ3v) is 6.44. The van der Waals surface area contributed by atoms with Crippen LogP contribution in [0.2, 0.25) is 0 Å². The zero-order chi connectivity index (χ0) is 29.4. The van der Waals surface area contributed by atoms with Crippen LogP contribution in [-0.4, -0.2) is 70.6 Å². The summed E-state index contributed by atoms with van der Waals surface area (Å²) in [6, 6.07) is 9.72. The van der Waals surface area contributed by atoms with Crippen LogP contribution in [0.15, 0.2) is 47.5 Å². The number of fused-ring (bicyclic) bond motifs is 1. The zero-order valence-corrected chi connectivity index (χ0v) is 23.1. The van der Waals surface area contributed by atoms with Crippen LogP contribution in [0, 0.1) is 0 Å². The van der Waals surface area contributed by atoms with Gasteiger partial charge >= 0.3 is 12.1 Å². The summed E-state index contributed by atoms with van der Waals surface area (Å²) in [6.07, 6.45) is 0.571. The Morgan fingerprint density at radius 1 is 1.10 bits per heavy atom. The van der Waals surface area contributed by atoms with E-state index in [9.17, 15) is 24.3 Å². The summed E-state index contributed by atoms with van der Waals surface area (Å²) >= 11 is 0. The van der Waals surface area contributed by atoms with Gasteiger partial charge in [0, 0.05) is 13.1 Å². The number of carboxylic acids is 1. The summed E-state index contributed by atoms with van der Waals surface area (Å²) in [4.78, 5) is 57.1. The van der Waals surface area contributed by atoms with Gasteiger partial charge in [-0.2, -0.15) is 0 Å². The Bertz CT molecular complexity index is 1260. The quantitative estimate of drug-likeness (QED) is 0.167. The number of hydrogen-bond acceptors (Lipinski definition) is 6. The fourth-order valence-corrected chi connectivity index (χ4v) is 4.70. The Kier molecular flexibility index (Phi) is 9.92. The number of carbonyl (C=O) groups excluding carboxylic acids is 3. The van der Waals surface area contributed by atoms with Crippen LogP contribution in [0.5, 0.6) is 0 Å². The fourth-order valence-electron chi connectivity index (χ4n) is 4.70. The van der Waals surface area contributed by atoms with Crippen molar-refractivity contribution < 1.29 is 29.0 Å². The second kappa shape index (κ2) is 13.1. The highest BCUT2D eigenvalue weighted by Gasteiger charge is 2.40. The minimum Gasteiger partial charge on any atom is -0.480 e. The van der Waals surface area contributed by atoms with Gasteiger partial charge in [-0.3, -0.25) is 14.6 Å². The van der Waals surface area contributed by atoms with Crippen LogP contribution >= 0.6 is 0 Å². The summed E-state index contributed by atoms with van der Waals surface area (Å²) in [7, 11) is 0. The van der Waals surface area contributed by atoms with E-state index in [0.717, 1.165) is 10.8 Å². The van der Waals surface area contributed by atoms with Crippen molar-refractivity contribution >= 4 is 40.6 Å². The Hall–Kier alpha value is -4.35. The Labute approximate surface area is 233 Å². The molecule has 216 valence electrons. The predicted molar refractivity (Wildman–Crippen MR) is 150 cm³/mol. The summed E-state index contributed by atoms with van der Waals surface area (Å²) in [6.45, 7) is 5.66. The lowest BCUT2D eigenvalue weighted by molar-refractivity contribution is -0.144. The third-order valence-electron chi connectivity index (χ3n) is 6.44. The van der Waals surface area contributed by atoms with E-state index in [4.69, 9.17) is 16.2 Å². The van der Waals surface area contributed by atoms with Crippen LogP contribution in [0.4, 0.5) is 4.79 Å². The van der Waals surface area contributed by atoms with Crippen LogP contribution in [0.3, 0.4) is 0 Å². The number of benzene rings is 2. The Morgan fingerprint density at radius 3 is 2.48 bits per heavy atom. The normalized spacial score (nSPS) is 16.6. The average Bonchev–Trinajstić information content (AvgIpc) is 3.37. The van der Waals surface area contributed by atoms with Gasteiger partial charge in [-0.05, 0) is 62.8 Å². The van der Waals surface area contributed by atoms with E-state index in [0.29, 0.717) is 24.8 Å². The van der Waals surface area contributed by atoms with E-state index >= 15 is 0 Å². The van der Waals surface area contributed by atoms with Crippen molar-refractivity contribution in [3.63, 3.8) is 0 Å². The maximum atomic E-state index is 14.0. The first-order chi connectivity index (χ1) is 18.9. The summed E-state index contributed by atoms with van der Waals surface area (Å²) in [5.41, 5.74) is 10.4. The number of ether oxygens (including phenoxy) is 1. The first kappa shape index (κ1) is 30.2. The molecule has 3 atom stereocenters. The van der Waals surface area contributed by atoms with E-state index < -0.39 is 47.6 Å². The molecule has 1 fully saturated rings. The monoisotopic (exact) mass is 554 g/mol. The molecule has 0 aliphatic carbocycles. The molecule has 12 nitrogen and oxygen atoms in total. The molecule has 0 bridgehead atoms. The molecule has 0 saturated carbocycles. The molecular formula is C28H38N6O6. The van der Waals surface area contributed by atoms with E-state index in [1.54, 1.807) is 32.9 Å². The van der Waals surface area contributed by atoms with Crippen molar-refractivity contribution in [2.24, 2.45) is 16.5 Å². The van der Waals surface area contributed by atoms with Crippen molar-refractivity contribution in [1.82, 2.24) is 15.5 Å². The number of likely N-dealkylation sites (tertiary alicyclic amines) is 1. The maximum absolute atomic E-state index is 14.0. The van der Waals surface area contributed by atoms with E-state index in [2.05, 4.69) is 15.6 Å². The van der Waals surface area contributed by atoms with Gasteiger partial charge in [-0.15, -0.1) is 0 Å². The lowest BCUT2D eigenvalue weighted by Crippen LogP contribution is -2.53. The molecule has 3 amide bonds. The van der Waals surface area contributed by atoms with Crippen molar-refractivity contribution in [2.75, 3.05) is 13.1 Å². The minimum atomic E-state index is -1.20. The van der Waals surface area contributed by atoms with Crippen molar-refractivity contribution in [1.29, 1.82) is 0 Å². The number of carboxylic acid groups (broad SMARTS) is 1. The molecule has 1 aliphatic heterocycles. The number of rotatable bonds is 10. The molecule has 7 N–H and O–H groups in total. The van der Waals surface area contributed by atoms with Crippen molar-refractivity contribution in [2.45, 2.75) is 70.2 Å². The second-order valence-electron chi connectivity index (χ2n) is 10.7. The van der Waals surface area contributed by atoms with E-state index in [-0.39, 0.29) is 25.5 Å². The lowest BCUT2D eigenvalue weighted by Gasteiger charge is -2.30. The number of nitrogens with one attached hydrogen (secondary N) is 2. The van der Waals surface area contributed by atoms with Crippen molar-refractivity contribution in [3.05, 3.63) is 48.0 Å². The molecule has 1 saturated heterocycles. The number of alkyl carbamates (subject to hydrolysis) is 1. The molecule has 0 unspecified atom stereocenters. The van der Waals surface area contributed by atoms with Gasteiger partial charge in [0.25, 0.3) is 5.91 Å². The van der Waals surface area contributed by atoms with E-state index in [1.165, 1.54) is 4.90 Å². The lowest BCUT2D eigenvalue weighted by atomic mass is 9.97. The number of guanidine groups is 1. The number of amides is 3. The van der Waals surface area contributed by atoms with Gasteiger partial charge in [0.1, 0.15) is 23.7 Å². The zero-order valence-electron chi connectivity index (χ0n) is 23.1. The molecule has 1 heterocycles. The van der Waals surface area contributed by atoms with Gasteiger partial charge in [-0.25, -0.2) is 9.59 Å². The molecule has 0 aromatic heterocycles. The molecule has 12 heteroatoms. The Balaban J connectivity index is 1.85. The highest BCUT2D eigenvalue weighted by atomic mass is 16.6. The Morgan fingerprint density at radius 2 is 1.80 bits per heavy atom. The largest absolute Gasteiger partial charge is 0.480 e. The number of aliphatic imine (C=N–C) groups is 1. The van der Waals surface area contributed by atoms with Crippen LogP contribution in [0.1, 0.15) is 58.1 Å². The summed E-state index contributed by atoms with van der Waals surface area (Å²) in [5.74, 6) is -2.36. The maximum Gasteiger partial charge on any atom is 0.408 e. The number of aliphatic carboxylic acids is 1. The van der Waals surface area contributed by atoms with Gasteiger partial charge < -0.3 is 36.8 Å². The van der Waals surface area contributed by atoms with Crippen LogP contribution in [-0.2, 0) is 19.1 Å². The topological polar surface area (TPSA) is 189 Å². The first-order valence-corrected chi connectivity index (χ1v) is 13.2. The number of nitrogens with zero attached hydrogens (tertiary/aromatic N) is 2. The number of nitrogens with two attached hydrogens (primary N) is 2. The minimum absolute atomic E-state index is 0.100. The van der Waals surface area contributed by atoms with Gasteiger partial charge in [0.15, 0.2) is 5.96 Å². The van der Waals surface area contributed by atoms with Crippen molar-refractivity contribution in [3.8, 4) is 0 Å². The predicted octanol–water partition coefficient (Wildman–Crippen LogP) is 2.02. The SMILES string of the molecule is CC(C)(C)OC(=O)N[C@H](C(=O)N1CCC[C@H]1C(=O)N[C@@H](CCCN=C(N)N)C(=O)O)c1cccc2ccccc12. The van der Waals surface area contributed by atoms with Crippen LogP contribution < -0.4 is 22.1 Å². The molecule has 0 radical (unpaired) electrons. The number of carbonyl (C=O) groups is 4. The standard InChI is InChI=1S/C28H38N6O6/c1-28(2,3)40-27(39)33-22(19-12-6-10-17-9-4-5-11-18(17)19)24(36)34-16-8-14-21(34)23(35)32-20(25(37)38)13-7-15-31-26(29)30/h4-6,9-12,20-22H,7-8,13-16H2,1-3H3,(H,32,35)(H,33,39)(H,37,38)(H4,29,30,31)/t20-,21-,22-/m0/s1. The van der Waals surface area contributed by atoms with Gasteiger partial charge in [0.2, 0.25) is 5.91 Å². The molecular weight excluding hydrogens is 516 g/mol. The molecule has 40 heavy (non-hydrogen) atoms. The summed E-state index contributed by atoms with van der Waals surface area (Å²) in [5, 5.41) is 16.6. The molecule has 1 aliphatic rings. The fraction of sp³-hybridized carbons (Fsp3) is 0.464. The first-order valence-electron chi connectivity index (χ1n) is 13.2. The van der Waals surface area contributed by atoms with Gasteiger partial charge in [-0.1, -0.05) is 42.5 Å². The van der Waals surface area contributed by atoms with Gasteiger partial charge in [0.05, 0.1) is 0 Å². The van der Waals surface area contributed by atoms with Crippen LogP contribution in [0.25, 0.3) is 10.8 Å². The molecule has 0 spiro atoms. The second-order valence-corrected chi connectivity index (χ2v) is 10.7. The average molecular weight is 555 g/mol. The third kappa shape index (κ3) is 8.08. The highest BCUT2D eigenvalue weighted by Crippen LogP contribution is 2.29. The smallest absolute Gasteiger partial charge is 0.408 e.